The molecule has 11 nitrogen and oxygen atoms in total. The molecule has 0 spiro atoms. The number of hydrogen-bond acceptors (Lipinski definition) is 9. The molecule has 2 rings (SSSR count). The van der Waals surface area contributed by atoms with E-state index in [4.69, 9.17) is 9.47 Å². The Labute approximate surface area is 143 Å². The molecule has 1 aromatic carbocycles. The maximum Gasteiger partial charge on any atom is 0.269 e. The lowest BCUT2D eigenvalue weighted by molar-refractivity contribution is -0.384. The number of nitrogens with zero attached hydrogens (tertiary/aromatic N) is 1. The first-order valence-corrected chi connectivity index (χ1v) is 9.02. The molecular weight excluding hydrogens is 360 g/mol. The maximum atomic E-state index is 11.5. The van der Waals surface area contributed by atoms with E-state index in [0.29, 0.717) is 0 Å². The minimum Gasteiger partial charge on any atom is -0.463 e. The first-order chi connectivity index (χ1) is 11.6. The van der Waals surface area contributed by atoms with Gasteiger partial charge in [-0.1, -0.05) is 0 Å². The predicted octanol–water partition coefficient (Wildman–Crippen LogP) is -1.67. The van der Waals surface area contributed by atoms with Crippen LogP contribution < -0.4 is 9.46 Å². The number of rotatable bonds is 6. The predicted molar refractivity (Wildman–Crippen MR) is 83.3 cm³/mol. The Morgan fingerprint density at radius 1 is 1.28 bits per heavy atom. The second kappa shape index (κ2) is 7.59. The van der Waals surface area contributed by atoms with Gasteiger partial charge < -0.3 is 24.8 Å². The van der Waals surface area contributed by atoms with Gasteiger partial charge in [0.2, 0.25) is 16.3 Å². The first kappa shape index (κ1) is 19.5. The van der Waals surface area contributed by atoms with E-state index in [-0.39, 0.29) is 11.4 Å². The van der Waals surface area contributed by atoms with Gasteiger partial charge in [0.05, 0.1) is 17.8 Å². The molecule has 1 heterocycles. The molecule has 0 saturated carbocycles. The molecule has 1 saturated heterocycles. The van der Waals surface area contributed by atoms with Crippen molar-refractivity contribution in [2.24, 2.45) is 0 Å². The molecule has 1 aliphatic rings. The van der Waals surface area contributed by atoms with Gasteiger partial charge >= 0.3 is 0 Å². The SMILES string of the molecule is CS(=O)(=O)N[C@H]1[C@H](Oc2ccc([N+](=O)[O-])cc2)O[C@H](CO)[C@@H](O)[C@@H]1O. The second-order valence-corrected chi connectivity index (χ2v) is 7.27. The highest BCUT2D eigenvalue weighted by atomic mass is 32.2. The average Bonchev–Trinajstić information content (AvgIpc) is 2.53. The zero-order chi connectivity index (χ0) is 18.8. The Kier molecular flexibility index (Phi) is 5.92. The number of nitrogens with one attached hydrogen (secondary N) is 1. The molecule has 5 atom stereocenters. The van der Waals surface area contributed by atoms with Crippen LogP contribution in [-0.4, -0.2) is 72.2 Å². The van der Waals surface area contributed by atoms with Crippen molar-refractivity contribution in [3.05, 3.63) is 34.4 Å². The topological polar surface area (TPSA) is 168 Å². The smallest absolute Gasteiger partial charge is 0.269 e. The van der Waals surface area contributed by atoms with Crippen molar-refractivity contribution in [2.75, 3.05) is 12.9 Å². The summed E-state index contributed by atoms with van der Waals surface area (Å²) >= 11 is 0. The Morgan fingerprint density at radius 3 is 2.36 bits per heavy atom. The van der Waals surface area contributed by atoms with Crippen molar-refractivity contribution in [3.63, 3.8) is 0 Å². The number of ether oxygens (including phenoxy) is 2. The lowest BCUT2D eigenvalue weighted by Gasteiger charge is -2.41. The van der Waals surface area contributed by atoms with E-state index in [1.165, 1.54) is 24.3 Å². The Balaban J connectivity index is 2.24. The molecule has 0 unspecified atom stereocenters. The quantitative estimate of drug-likeness (QED) is 0.334. The highest BCUT2D eigenvalue weighted by molar-refractivity contribution is 7.88. The van der Waals surface area contributed by atoms with Crippen LogP contribution in [0.25, 0.3) is 0 Å². The van der Waals surface area contributed by atoms with E-state index in [0.717, 1.165) is 6.26 Å². The number of aliphatic hydroxyl groups is 3. The lowest BCUT2D eigenvalue weighted by atomic mass is 9.98. The Hall–Kier alpha value is -1.83. The van der Waals surface area contributed by atoms with E-state index in [1.54, 1.807) is 0 Å². The molecule has 12 heteroatoms. The van der Waals surface area contributed by atoms with Gasteiger partial charge in [0.15, 0.2) is 0 Å². The molecule has 0 aromatic heterocycles. The average molecular weight is 378 g/mol. The summed E-state index contributed by atoms with van der Waals surface area (Å²) in [6.07, 6.45) is -4.88. The fraction of sp³-hybridized carbons (Fsp3) is 0.538. The summed E-state index contributed by atoms with van der Waals surface area (Å²) in [6.45, 7) is -0.635. The minimum absolute atomic E-state index is 0.108. The summed E-state index contributed by atoms with van der Waals surface area (Å²) in [5, 5.41) is 39.9. The monoisotopic (exact) mass is 378 g/mol. The van der Waals surface area contributed by atoms with Crippen molar-refractivity contribution in [2.45, 2.75) is 30.6 Å². The van der Waals surface area contributed by atoms with Crippen molar-refractivity contribution in [3.8, 4) is 5.75 Å². The fourth-order valence-corrected chi connectivity index (χ4v) is 3.08. The molecule has 1 fully saturated rings. The Bertz CT molecular complexity index is 709. The number of hydrogen-bond donors (Lipinski definition) is 4. The summed E-state index contributed by atoms with van der Waals surface area (Å²) in [4.78, 5) is 10.0. The van der Waals surface area contributed by atoms with E-state index < -0.39 is 52.2 Å². The molecule has 0 amide bonds. The van der Waals surface area contributed by atoms with Crippen LogP contribution in [0.4, 0.5) is 5.69 Å². The van der Waals surface area contributed by atoms with Gasteiger partial charge in [-0.15, -0.1) is 0 Å². The van der Waals surface area contributed by atoms with Crippen molar-refractivity contribution in [1.82, 2.24) is 4.72 Å². The largest absolute Gasteiger partial charge is 0.463 e. The molecule has 0 aliphatic carbocycles. The van der Waals surface area contributed by atoms with Crippen LogP contribution in [0, 0.1) is 10.1 Å². The van der Waals surface area contributed by atoms with E-state index in [1.807, 2.05) is 0 Å². The Morgan fingerprint density at radius 2 is 1.88 bits per heavy atom. The van der Waals surface area contributed by atoms with Gasteiger partial charge in [0.1, 0.15) is 30.1 Å². The van der Waals surface area contributed by atoms with Crippen molar-refractivity contribution < 1.29 is 38.1 Å². The first-order valence-electron chi connectivity index (χ1n) is 7.13. The standard InChI is InChI=1S/C13H18N2O9S/c1-25(21,22)14-10-12(18)11(17)9(6-16)24-13(10)23-8-4-2-7(3-5-8)15(19)20/h2-5,9-14,16-18H,6H2,1H3/t9-,10-,11-,12-,13-/m1/s1. The van der Waals surface area contributed by atoms with Gasteiger partial charge in [-0.25, -0.2) is 13.1 Å². The summed E-state index contributed by atoms with van der Waals surface area (Å²) in [6, 6.07) is 3.52. The number of non-ortho nitro benzene ring substituents is 1. The van der Waals surface area contributed by atoms with Crippen molar-refractivity contribution >= 4 is 15.7 Å². The van der Waals surface area contributed by atoms with Crippen LogP contribution in [0.1, 0.15) is 0 Å². The van der Waals surface area contributed by atoms with Crippen LogP contribution in [0.3, 0.4) is 0 Å². The zero-order valence-electron chi connectivity index (χ0n) is 13.0. The zero-order valence-corrected chi connectivity index (χ0v) is 13.9. The third-order valence-corrected chi connectivity index (χ3v) is 4.23. The van der Waals surface area contributed by atoms with Crippen LogP contribution in [-0.2, 0) is 14.8 Å². The summed E-state index contributed by atoms with van der Waals surface area (Å²) in [5.74, 6) is 0.108. The summed E-state index contributed by atoms with van der Waals surface area (Å²) < 4.78 is 35.8. The molecule has 1 aromatic rings. The van der Waals surface area contributed by atoms with Crippen LogP contribution in [0.5, 0.6) is 5.75 Å². The molecule has 140 valence electrons. The maximum absolute atomic E-state index is 11.5. The summed E-state index contributed by atoms with van der Waals surface area (Å²) in [7, 11) is -3.78. The summed E-state index contributed by atoms with van der Waals surface area (Å²) in [5.41, 5.74) is -0.175. The van der Waals surface area contributed by atoms with Gasteiger partial charge in [0.25, 0.3) is 5.69 Å². The molecule has 1 aliphatic heterocycles. The highest BCUT2D eigenvalue weighted by Gasteiger charge is 2.46. The highest BCUT2D eigenvalue weighted by Crippen LogP contribution is 2.26. The fourth-order valence-electron chi connectivity index (χ4n) is 2.34. The van der Waals surface area contributed by atoms with Gasteiger partial charge in [-0.05, 0) is 12.1 Å². The van der Waals surface area contributed by atoms with Gasteiger partial charge in [-0.3, -0.25) is 10.1 Å². The molecule has 0 radical (unpaired) electrons. The van der Waals surface area contributed by atoms with Gasteiger partial charge in [0, 0.05) is 12.1 Å². The van der Waals surface area contributed by atoms with Crippen LogP contribution in [0.2, 0.25) is 0 Å². The number of nitro groups is 1. The molecule has 4 N–H and O–H groups in total. The normalized spacial score (nSPS) is 30.0. The second-order valence-electron chi connectivity index (χ2n) is 5.49. The number of benzene rings is 1. The number of sulfonamides is 1. The van der Waals surface area contributed by atoms with Gasteiger partial charge in [-0.2, -0.15) is 0 Å². The minimum atomic E-state index is -3.78. The number of aliphatic hydroxyl groups excluding tert-OH is 3. The van der Waals surface area contributed by atoms with E-state index in [2.05, 4.69) is 4.72 Å². The van der Waals surface area contributed by atoms with Crippen LogP contribution in [0.15, 0.2) is 24.3 Å². The van der Waals surface area contributed by atoms with E-state index in [9.17, 15) is 33.9 Å². The number of nitro benzene ring substituents is 1. The van der Waals surface area contributed by atoms with Crippen LogP contribution >= 0.6 is 0 Å². The molecule has 0 bridgehead atoms. The lowest BCUT2D eigenvalue weighted by Crippen LogP contribution is -2.65. The molecule has 25 heavy (non-hydrogen) atoms. The third-order valence-electron chi connectivity index (χ3n) is 3.53. The van der Waals surface area contributed by atoms with E-state index >= 15 is 0 Å². The van der Waals surface area contributed by atoms with Crippen molar-refractivity contribution in [1.29, 1.82) is 0 Å². The third kappa shape index (κ3) is 4.84. The molecular formula is C13H18N2O9S.